The lowest BCUT2D eigenvalue weighted by atomic mass is 9.99. The highest BCUT2D eigenvalue weighted by Crippen LogP contribution is 2.37. The van der Waals surface area contributed by atoms with E-state index < -0.39 is 6.10 Å². The van der Waals surface area contributed by atoms with Crippen LogP contribution in [0.3, 0.4) is 0 Å². The lowest BCUT2D eigenvalue weighted by Crippen LogP contribution is -2.05. The van der Waals surface area contributed by atoms with E-state index in [2.05, 4.69) is 0 Å². The molecule has 0 saturated carbocycles. The molecule has 0 bridgehead atoms. The quantitative estimate of drug-likeness (QED) is 0.855. The molecule has 2 aromatic rings. The molecule has 20 heavy (non-hydrogen) atoms. The van der Waals surface area contributed by atoms with Crippen LogP contribution >= 0.6 is 11.8 Å². The minimum Gasteiger partial charge on any atom is -0.496 e. The first-order valence-electron chi connectivity index (χ1n) is 6.24. The maximum Gasteiger partial charge on any atom is 0.128 e. The second-order valence-electron chi connectivity index (χ2n) is 4.25. The van der Waals surface area contributed by atoms with Gasteiger partial charge in [-0.25, -0.2) is 0 Å². The Balaban J connectivity index is 2.43. The fraction of sp³-hybridized carbons (Fsp3) is 0.250. The van der Waals surface area contributed by atoms with Crippen LogP contribution in [0.15, 0.2) is 47.4 Å². The van der Waals surface area contributed by atoms with Crippen LogP contribution in [-0.2, 0) is 0 Å². The second-order valence-corrected chi connectivity index (χ2v) is 5.13. The molecule has 0 amide bonds. The lowest BCUT2D eigenvalue weighted by Gasteiger charge is -2.18. The number of aliphatic hydroxyl groups excluding tert-OH is 1. The Labute approximate surface area is 123 Å². The van der Waals surface area contributed by atoms with Crippen molar-refractivity contribution in [2.45, 2.75) is 11.0 Å². The molecule has 106 valence electrons. The van der Waals surface area contributed by atoms with Gasteiger partial charge in [0.25, 0.3) is 0 Å². The fourth-order valence-electron chi connectivity index (χ4n) is 2.10. The molecule has 0 radical (unpaired) electrons. The van der Waals surface area contributed by atoms with Crippen molar-refractivity contribution in [2.24, 2.45) is 0 Å². The number of benzene rings is 2. The summed E-state index contributed by atoms with van der Waals surface area (Å²) < 4.78 is 10.7. The fourth-order valence-corrected chi connectivity index (χ4v) is 2.51. The van der Waals surface area contributed by atoms with E-state index in [4.69, 9.17) is 9.47 Å². The first-order chi connectivity index (χ1) is 9.71. The molecule has 2 aromatic carbocycles. The first-order valence-corrected chi connectivity index (χ1v) is 7.46. The Hall–Kier alpha value is -1.65. The van der Waals surface area contributed by atoms with Crippen molar-refractivity contribution in [1.82, 2.24) is 0 Å². The van der Waals surface area contributed by atoms with Crippen LogP contribution in [0.5, 0.6) is 11.5 Å². The van der Waals surface area contributed by atoms with Crippen molar-refractivity contribution < 1.29 is 14.6 Å². The van der Waals surface area contributed by atoms with Gasteiger partial charge in [0.2, 0.25) is 0 Å². The van der Waals surface area contributed by atoms with E-state index in [0.717, 1.165) is 10.5 Å². The van der Waals surface area contributed by atoms with Crippen molar-refractivity contribution in [2.75, 3.05) is 20.5 Å². The average Bonchev–Trinajstić information content (AvgIpc) is 2.53. The van der Waals surface area contributed by atoms with Gasteiger partial charge in [-0.15, -0.1) is 11.8 Å². The molecule has 1 N–H and O–H groups in total. The van der Waals surface area contributed by atoms with Gasteiger partial charge in [-0.05, 0) is 36.1 Å². The van der Waals surface area contributed by atoms with E-state index >= 15 is 0 Å². The first kappa shape index (κ1) is 14.8. The van der Waals surface area contributed by atoms with E-state index in [0.29, 0.717) is 17.1 Å². The molecule has 2 rings (SSSR count). The summed E-state index contributed by atoms with van der Waals surface area (Å²) in [7, 11) is 3.17. The third-order valence-electron chi connectivity index (χ3n) is 3.17. The molecule has 3 nitrogen and oxygen atoms in total. The number of hydrogen-bond donors (Lipinski definition) is 1. The number of rotatable bonds is 5. The minimum absolute atomic E-state index is 0.616. The molecule has 1 unspecified atom stereocenters. The molecule has 0 saturated heterocycles. The van der Waals surface area contributed by atoms with Crippen LogP contribution in [0.25, 0.3) is 0 Å². The zero-order chi connectivity index (χ0) is 14.5. The average molecular weight is 290 g/mol. The number of hydrogen-bond acceptors (Lipinski definition) is 4. The van der Waals surface area contributed by atoms with Crippen LogP contribution < -0.4 is 9.47 Å². The third-order valence-corrected chi connectivity index (χ3v) is 3.91. The van der Waals surface area contributed by atoms with Gasteiger partial charge in [-0.1, -0.05) is 18.2 Å². The van der Waals surface area contributed by atoms with Gasteiger partial charge >= 0.3 is 0 Å². The van der Waals surface area contributed by atoms with Crippen LogP contribution in [0.1, 0.15) is 17.2 Å². The largest absolute Gasteiger partial charge is 0.496 e. The van der Waals surface area contributed by atoms with Gasteiger partial charge in [0.1, 0.15) is 17.6 Å². The van der Waals surface area contributed by atoms with Crippen molar-refractivity contribution in [1.29, 1.82) is 0 Å². The van der Waals surface area contributed by atoms with Crippen LogP contribution in [-0.4, -0.2) is 25.6 Å². The predicted octanol–water partition coefficient (Wildman–Crippen LogP) is 3.51. The van der Waals surface area contributed by atoms with E-state index in [1.165, 1.54) is 0 Å². The molecule has 1 atom stereocenters. The predicted molar refractivity (Wildman–Crippen MR) is 81.8 cm³/mol. The van der Waals surface area contributed by atoms with Crippen LogP contribution in [0.4, 0.5) is 0 Å². The molecule has 0 aliphatic carbocycles. The summed E-state index contributed by atoms with van der Waals surface area (Å²) in [5.74, 6) is 1.23. The zero-order valence-corrected chi connectivity index (χ0v) is 12.6. The normalized spacial score (nSPS) is 12.0. The van der Waals surface area contributed by atoms with E-state index in [1.54, 1.807) is 26.0 Å². The Morgan fingerprint density at radius 1 is 0.950 bits per heavy atom. The molecular weight excluding hydrogens is 272 g/mol. The van der Waals surface area contributed by atoms with Crippen molar-refractivity contribution in [3.63, 3.8) is 0 Å². The Kier molecular flexibility index (Phi) is 4.93. The summed E-state index contributed by atoms with van der Waals surface area (Å²) in [6, 6.07) is 13.3. The molecule has 0 spiro atoms. The summed E-state index contributed by atoms with van der Waals surface area (Å²) in [4.78, 5) is 1.16. The van der Waals surface area contributed by atoms with Crippen molar-refractivity contribution in [3.8, 4) is 11.5 Å². The zero-order valence-electron chi connectivity index (χ0n) is 11.8. The van der Waals surface area contributed by atoms with Gasteiger partial charge in [-0.2, -0.15) is 0 Å². The molecule has 0 aromatic heterocycles. The van der Waals surface area contributed by atoms with Gasteiger partial charge in [-0.3, -0.25) is 0 Å². The number of thioether (sulfide) groups is 1. The highest BCUT2D eigenvalue weighted by molar-refractivity contribution is 7.98. The number of aliphatic hydroxyl groups is 1. The van der Waals surface area contributed by atoms with Crippen LogP contribution in [0.2, 0.25) is 0 Å². The SMILES string of the molecule is COc1cccc(OC)c1C(O)c1ccc(SC)cc1. The Morgan fingerprint density at radius 2 is 1.50 bits per heavy atom. The summed E-state index contributed by atoms with van der Waals surface area (Å²) in [6.07, 6.45) is 1.24. The second kappa shape index (κ2) is 6.68. The summed E-state index contributed by atoms with van der Waals surface area (Å²) in [6.45, 7) is 0. The minimum atomic E-state index is -0.781. The summed E-state index contributed by atoms with van der Waals surface area (Å²) >= 11 is 1.67. The van der Waals surface area contributed by atoms with Crippen LogP contribution in [0, 0.1) is 0 Å². The Bertz CT molecular complexity index is 544. The number of ether oxygens (including phenoxy) is 2. The van der Waals surface area contributed by atoms with Gasteiger partial charge in [0.15, 0.2) is 0 Å². The number of methoxy groups -OCH3 is 2. The molecule has 0 aliphatic heterocycles. The molecule has 0 aliphatic rings. The Morgan fingerprint density at radius 3 is 1.95 bits per heavy atom. The van der Waals surface area contributed by atoms with Gasteiger partial charge in [0.05, 0.1) is 19.8 Å². The smallest absolute Gasteiger partial charge is 0.128 e. The van der Waals surface area contributed by atoms with Crippen molar-refractivity contribution in [3.05, 3.63) is 53.6 Å². The van der Waals surface area contributed by atoms with Gasteiger partial charge < -0.3 is 14.6 Å². The van der Waals surface area contributed by atoms with Gasteiger partial charge in [0, 0.05) is 4.90 Å². The summed E-state index contributed by atoms with van der Waals surface area (Å²) in [5, 5.41) is 10.6. The van der Waals surface area contributed by atoms with E-state index in [9.17, 15) is 5.11 Å². The lowest BCUT2D eigenvalue weighted by molar-refractivity contribution is 0.208. The molecule has 0 heterocycles. The summed E-state index contributed by atoms with van der Waals surface area (Å²) in [5.41, 5.74) is 1.46. The molecular formula is C16H18O3S. The highest BCUT2D eigenvalue weighted by Gasteiger charge is 2.20. The maximum atomic E-state index is 10.6. The molecule has 4 heteroatoms. The monoisotopic (exact) mass is 290 g/mol. The maximum absolute atomic E-state index is 10.6. The highest BCUT2D eigenvalue weighted by atomic mass is 32.2. The third kappa shape index (κ3) is 2.92. The van der Waals surface area contributed by atoms with E-state index in [-0.39, 0.29) is 0 Å². The standard InChI is InChI=1S/C16H18O3S/c1-18-13-5-4-6-14(19-2)15(13)16(17)11-7-9-12(20-3)10-8-11/h4-10,16-17H,1-3H3. The molecule has 0 fully saturated rings. The topological polar surface area (TPSA) is 38.7 Å². The van der Waals surface area contributed by atoms with Crippen molar-refractivity contribution >= 4 is 11.8 Å². The van der Waals surface area contributed by atoms with E-state index in [1.807, 2.05) is 48.7 Å².